The zero-order chi connectivity index (χ0) is 29.1. The Hall–Kier alpha value is -2.80. The predicted octanol–water partition coefficient (Wildman–Crippen LogP) is 4.46. The van der Waals surface area contributed by atoms with Gasteiger partial charge < -0.3 is 10.1 Å². The highest BCUT2D eigenvalue weighted by Gasteiger charge is 2.36. The van der Waals surface area contributed by atoms with Gasteiger partial charge in [0, 0.05) is 24.6 Å². The number of carbonyl (C=O) groups excluding carboxylic acids is 2. The lowest BCUT2D eigenvalue weighted by Gasteiger charge is -2.36. The van der Waals surface area contributed by atoms with Crippen molar-refractivity contribution in [3.63, 3.8) is 0 Å². The third-order valence-electron chi connectivity index (χ3n) is 6.82. The summed E-state index contributed by atoms with van der Waals surface area (Å²) in [7, 11) is 2.13. The maximum atomic E-state index is 14.8. The summed E-state index contributed by atoms with van der Waals surface area (Å²) < 4.78 is 59.6. The number of hydrogen-bond donors (Lipinski definition) is 1. The second kappa shape index (κ2) is 12.2. The Morgan fingerprint density at radius 3 is 2.41 bits per heavy atom. The molecule has 1 aliphatic carbocycles. The monoisotopic (exact) mass is 593 g/mol. The van der Waals surface area contributed by atoms with Gasteiger partial charge in [0.25, 0.3) is 5.56 Å². The Bertz CT molecular complexity index is 1370. The number of nitrogens with one attached hydrogen (secondary N) is 1. The van der Waals surface area contributed by atoms with E-state index in [1.807, 2.05) is 0 Å². The van der Waals surface area contributed by atoms with Crippen molar-refractivity contribution in [2.45, 2.75) is 61.8 Å². The third kappa shape index (κ3) is 7.05. The van der Waals surface area contributed by atoms with Gasteiger partial charge in [-0.15, -0.1) is 11.8 Å². The van der Waals surface area contributed by atoms with Crippen LogP contribution in [-0.2, 0) is 27.5 Å². The molecular weight excluding hydrogens is 566 g/mol. The number of amides is 1. The highest BCUT2D eigenvalue weighted by atomic mass is 35.5. The molecule has 1 heterocycles. The smallest absolute Gasteiger partial charge is 0.431 e. The van der Waals surface area contributed by atoms with E-state index in [4.69, 9.17) is 16.3 Å². The molecule has 3 rings (SSSR count). The topological polar surface area (TPSA) is 99.4 Å². The van der Waals surface area contributed by atoms with E-state index in [0.717, 1.165) is 63.0 Å². The Morgan fingerprint density at radius 1 is 1.18 bits per heavy atom. The Balaban J connectivity index is 1.85. The summed E-state index contributed by atoms with van der Waals surface area (Å²) >= 11 is 7.08. The lowest BCUT2D eigenvalue weighted by molar-refractivity contribution is -0.145. The molecule has 1 unspecified atom stereocenters. The number of thioether (sulfide) groups is 1. The molecule has 1 atom stereocenters. The average molecular weight is 594 g/mol. The molecule has 8 nitrogen and oxygen atoms in total. The van der Waals surface area contributed by atoms with Crippen LogP contribution in [-0.4, -0.2) is 39.9 Å². The minimum atomic E-state index is -4.97. The van der Waals surface area contributed by atoms with E-state index in [9.17, 15) is 36.7 Å². The number of rotatable bonds is 8. The summed E-state index contributed by atoms with van der Waals surface area (Å²) in [6, 6.07) is 2.07. The van der Waals surface area contributed by atoms with Gasteiger partial charge in [-0.2, -0.15) is 13.2 Å². The molecule has 1 aliphatic rings. The van der Waals surface area contributed by atoms with Crippen LogP contribution in [0, 0.1) is 11.2 Å². The van der Waals surface area contributed by atoms with Crippen LogP contribution < -0.4 is 16.6 Å². The lowest BCUT2D eigenvalue weighted by atomic mass is 9.71. The molecule has 1 aromatic heterocycles. The normalized spacial score (nSPS) is 16.0. The standard InChI is InChI=1S/C25H28ClF4N3O5S/c1-14(22(36)31-13-24(12-21(35)38-3)7-5-4-6-8-24)39-18-10-17(16(27)9-15(18)26)33-20(34)11-19(25(28,29)30)32(2)23(33)37/h9-11,14H,4-8,12-13H2,1-3H3,(H,31,36). The maximum Gasteiger partial charge on any atom is 0.431 e. The van der Waals surface area contributed by atoms with E-state index >= 15 is 0 Å². The van der Waals surface area contributed by atoms with Crippen LogP contribution in [0.1, 0.15) is 51.1 Å². The van der Waals surface area contributed by atoms with Crippen LogP contribution >= 0.6 is 23.4 Å². The number of esters is 1. The number of alkyl halides is 3. The van der Waals surface area contributed by atoms with Crippen molar-refractivity contribution in [2.75, 3.05) is 13.7 Å². The van der Waals surface area contributed by atoms with Gasteiger partial charge in [0.15, 0.2) is 0 Å². The molecule has 1 N–H and O–H groups in total. The minimum absolute atomic E-state index is 0.118. The average Bonchev–Trinajstić information content (AvgIpc) is 2.87. The first-order valence-electron chi connectivity index (χ1n) is 12.1. The van der Waals surface area contributed by atoms with Gasteiger partial charge in [0.2, 0.25) is 5.91 Å². The molecule has 0 spiro atoms. The Kier molecular flexibility index (Phi) is 9.58. The van der Waals surface area contributed by atoms with Gasteiger partial charge in [0.05, 0.1) is 29.5 Å². The zero-order valence-corrected chi connectivity index (χ0v) is 23.1. The van der Waals surface area contributed by atoms with Crippen LogP contribution in [0.5, 0.6) is 0 Å². The fourth-order valence-electron chi connectivity index (χ4n) is 4.66. The Labute approximate surface area is 230 Å². The van der Waals surface area contributed by atoms with Crippen molar-refractivity contribution >= 4 is 35.2 Å². The molecule has 0 radical (unpaired) electrons. The summed E-state index contributed by atoms with van der Waals surface area (Å²) in [6.45, 7) is 1.82. The fourth-order valence-corrected chi connectivity index (χ4v) is 5.86. The largest absolute Gasteiger partial charge is 0.469 e. The molecule has 0 saturated heterocycles. The highest BCUT2D eigenvalue weighted by Crippen LogP contribution is 2.39. The quantitative estimate of drug-likeness (QED) is 0.276. The molecule has 39 heavy (non-hydrogen) atoms. The predicted molar refractivity (Wildman–Crippen MR) is 138 cm³/mol. The van der Waals surface area contributed by atoms with E-state index in [-0.39, 0.29) is 50.0 Å². The SMILES string of the molecule is COC(=O)CC1(CNC(=O)C(C)Sc2cc(-n3c(=O)cc(C(F)(F)F)n(C)c3=O)c(F)cc2Cl)CCCCC1. The van der Waals surface area contributed by atoms with Gasteiger partial charge in [-0.25, -0.2) is 13.8 Å². The van der Waals surface area contributed by atoms with Crippen LogP contribution in [0.25, 0.3) is 5.69 Å². The second-order valence-electron chi connectivity index (χ2n) is 9.57. The summed E-state index contributed by atoms with van der Waals surface area (Å²) in [6.07, 6.45) is -0.389. The van der Waals surface area contributed by atoms with Crippen molar-refractivity contribution in [3.8, 4) is 5.69 Å². The van der Waals surface area contributed by atoms with E-state index < -0.39 is 45.3 Å². The van der Waals surface area contributed by atoms with E-state index in [0.29, 0.717) is 0 Å². The number of benzene rings is 1. The van der Waals surface area contributed by atoms with Crippen LogP contribution in [0.4, 0.5) is 17.6 Å². The maximum absolute atomic E-state index is 14.8. The molecule has 14 heteroatoms. The molecule has 2 aromatic rings. The van der Waals surface area contributed by atoms with Gasteiger partial charge in [0.1, 0.15) is 11.5 Å². The second-order valence-corrected chi connectivity index (χ2v) is 11.4. The van der Waals surface area contributed by atoms with Crippen molar-refractivity contribution < 1.29 is 31.9 Å². The van der Waals surface area contributed by atoms with Crippen LogP contribution in [0.2, 0.25) is 5.02 Å². The number of aromatic nitrogens is 2. The highest BCUT2D eigenvalue weighted by molar-refractivity contribution is 8.00. The molecule has 1 saturated carbocycles. The first-order valence-corrected chi connectivity index (χ1v) is 13.4. The van der Waals surface area contributed by atoms with Crippen molar-refractivity contribution in [3.05, 3.63) is 55.6 Å². The van der Waals surface area contributed by atoms with E-state index in [1.54, 1.807) is 6.92 Å². The van der Waals surface area contributed by atoms with Gasteiger partial charge in [-0.3, -0.25) is 19.0 Å². The van der Waals surface area contributed by atoms with Crippen LogP contribution in [0.15, 0.2) is 32.7 Å². The van der Waals surface area contributed by atoms with Gasteiger partial charge in [-0.05, 0) is 37.3 Å². The molecule has 0 bridgehead atoms. The minimum Gasteiger partial charge on any atom is -0.469 e. The van der Waals surface area contributed by atoms with Crippen LogP contribution in [0.3, 0.4) is 0 Å². The van der Waals surface area contributed by atoms with Gasteiger partial charge >= 0.3 is 17.8 Å². The van der Waals surface area contributed by atoms with Crippen molar-refractivity contribution in [1.29, 1.82) is 0 Å². The zero-order valence-electron chi connectivity index (χ0n) is 21.5. The fraction of sp³-hybridized carbons (Fsp3) is 0.520. The lowest BCUT2D eigenvalue weighted by Crippen LogP contribution is -2.43. The molecule has 1 fully saturated rings. The summed E-state index contributed by atoms with van der Waals surface area (Å²) in [4.78, 5) is 50.1. The first-order chi connectivity index (χ1) is 18.2. The van der Waals surface area contributed by atoms with Gasteiger partial charge in [-0.1, -0.05) is 30.9 Å². The summed E-state index contributed by atoms with van der Waals surface area (Å²) in [5.41, 5.74) is -5.28. The molecule has 1 aromatic carbocycles. The number of carbonyl (C=O) groups is 2. The first kappa shape index (κ1) is 30.7. The van der Waals surface area contributed by atoms with E-state index in [2.05, 4.69) is 5.32 Å². The molecule has 1 amide bonds. The number of nitrogens with zero attached hydrogens (tertiary/aromatic N) is 2. The van der Waals surface area contributed by atoms with E-state index in [1.165, 1.54) is 7.11 Å². The number of ether oxygens (including phenoxy) is 1. The third-order valence-corrected chi connectivity index (χ3v) is 8.41. The number of hydrogen-bond acceptors (Lipinski definition) is 6. The van der Waals surface area contributed by atoms with Crippen molar-refractivity contribution in [2.24, 2.45) is 12.5 Å². The molecular formula is C25H28ClF4N3O5S. The molecule has 214 valence electrons. The Morgan fingerprint density at radius 2 is 1.82 bits per heavy atom. The number of halogens is 5. The molecule has 0 aliphatic heterocycles. The summed E-state index contributed by atoms with van der Waals surface area (Å²) in [5.74, 6) is -1.86. The number of methoxy groups -OCH3 is 1. The summed E-state index contributed by atoms with van der Waals surface area (Å²) in [5, 5.41) is 1.98. The van der Waals surface area contributed by atoms with Crippen molar-refractivity contribution in [1.82, 2.24) is 14.5 Å².